The van der Waals surface area contributed by atoms with Crippen molar-refractivity contribution >= 4 is 41.5 Å². The van der Waals surface area contributed by atoms with Crippen LogP contribution in [0.2, 0.25) is 5.02 Å². The van der Waals surface area contributed by atoms with Crippen LogP contribution in [0.3, 0.4) is 0 Å². The monoisotopic (exact) mass is 441 g/mol. The zero-order valence-electron chi connectivity index (χ0n) is 12.7. The Labute approximate surface area is 152 Å². The molecule has 1 aliphatic rings. The van der Waals surface area contributed by atoms with Crippen LogP contribution in [0.25, 0.3) is 0 Å². The number of methoxy groups -OCH3 is 1. The Balaban J connectivity index is 0.00000242. The van der Waals surface area contributed by atoms with Crippen molar-refractivity contribution in [2.45, 2.75) is 31.2 Å². The minimum atomic E-state index is -0.322. The fraction of sp³-hybridized carbons (Fsp3) is 0.533. The molecule has 7 heteroatoms. The quantitative estimate of drug-likeness (QED) is 0.405. The second-order valence-electron chi connectivity index (χ2n) is 5.61. The topological polar surface area (TPSA) is 59.6 Å². The predicted octanol–water partition coefficient (Wildman–Crippen LogP) is 3.07. The summed E-state index contributed by atoms with van der Waals surface area (Å²) >= 11 is 6.14. The van der Waals surface area contributed by atoms with Gasteiger partial charge in [-0.3, -0.25) is 4.99 Å². The maximum absolute atomic E-state index is 13.1. The van der Waals surface area contributed by atoms with Crippen molar-refractivity contribution in [3.05, 3.63) is 34.6 Å². The minimum absolute atomic E-state index is 0. The van der Waals surface area contributed by atoms with E-state index in [0.29, 0.717) is 24.1 Å². The molecular formula is C15H22ClFIN3O. The molecule has 0 spiro atoms. The number of ether oxygens (including phenoxy) is 1. The van der Waals surface area contributed by atoms with Crippen molar-refractivity contribution in [1.82, 2.24) is 5.32 Å². The summed E-state index contributed by atoms with van der Waals surface area (Å²) in [5, 5.41) is 3.53. The molecule has 1 aliphatic carbocycles. The number of guanidine groups is 1. The van der Waals surface area contributed by atoms with E-state index in [1.807, 2.05) is 6.92 Å². The third-order valence-corrected chi connectivity index (χ3v) is 4.03. The Hall–Kier alpha value is -0.600. The molecule has 1 atom stereocenters. The van der Waals surface area contributed by atoms with Crippen LogP contribution in [0.15, 0.2) is 23.2 Å². The molecule has 0 heterocycles. The number of nitrogens with two attached hydrogens (primary N) is 1. The normalized spacial score (nSPS) is 17.5. The Morgan fingerprint density at radius 3 is 2.77 bits per heavy atom. The third kappa shape index (κ3) is 4.96. The van der Waals surface area contributed by atoms with Crippen molar-refractivity contribution in [3.63, 3.8) is 0 Å². The van der Waals surface area contributed by atoms with Crippen LogP contribution in [-0.2, 0) is 10.2 Å². The summed E-state index contributed by atoms with van der Waals surface area (Å²) in [7, 11) is 1.64. The number of nitrogens with zero attached hydrogens (tertiary/aromatic N) is 1. The van der Waals surface area contributed by atoms with Gasteiger partial charge in [0.1, 0.15) is 5.82 Å². The summed E-state index contributed by atoms with van der Waals surface area (Å²) in [6.45, 7) is 3.08. The highest BCUT2D eigenvalue weighted by atomic mass is 127. The average Bonchev–Trinajstić information content (AvgIpc) is 3.17. The van der Waals surface area contributed by atoms with Gasteiger partial charge in [-0.05, 0) is 37.5 Å². The van der Waals surface area contributed by atoms with Crippen LogP contribution in [0, 0.1) is 5.82 Å². The van der Waals surface area contributed by atoms with Gasteiger partial charge in [0, 0.05) is 23.6 Å². The van der Waals surface area contributed by atoms with Crippen LogP contribution >= 0.6 is 35.6 Å². The van der Waals surface area contributed by atoms with E-state index in [1.165, 1.54) is 12.1 Å². The third-order valence-electron chi connectivity index (χ3n) is 3.72. The van der Waals surface area contributed by atoms with Gasteiger partial charge in [-0.25, -0.2) is 4.39 Å². The summed E-state index contributed by atoms with van der Waals surface area (Å²) < 4.78 is 18.2. The molecule has 0 aromatic heterocycles. The highest BCUT2D eigenvalue weighted by molar-refractivity contribution is 14.0. The Morgan fingerprint density at radius 2 is 2.23 bits per heavy atom. The predicted molar refractivity (Wildman–Crippen MR) is 98.7 cm³/mol. The molecule has 1 fully saturated rings. The zero-order valence-corrected chi connectivity index (χ0v) is 15.8. The minimum Gasteiger partial charge on any atom is -0.383 e. The molecule has 1 aromatic carbocycles. The smallest absolute Gasteiger partial charge is 0.188 e. The molecule has 0 aliphatic heterocycles. The number of rotatable bonds is 6. The molecule has 0 saturated heterocycles. The van der Waals surface area contributed by atoms with Crippen LogP contribution in [0.4, 0.5) is 4.39 Å². The number of halogens is 3. The molecule has 22 heavy (non-hydrogen) atoms. The van der Waals surface area contributed by atoms with Gasteiger partial charge < -0.3 is 15.8 Å². The second-order valence-corrected chi connectivity index (χ2v) is 6.01. The van der Waals surface area contributed by atoms with Gasteiger partial charge in [0.25, 0.3) is 0 Å². The van der Waals surface area contributed by atoms with E-state index in [4.69, 9.17) is 22.1 Å². The zero-order chi connectivity index (χ0) is 15.5. The van der Waals surface area contributed by atoms with Crippen LogP contribution in [0.1, 0.15) is 25.3 Å². The highest BCUT2D eigenvalue weighted by Crippen LogP contribution is 2.50. The molecule has 0 amide bonds. The first-order valence-corrected chi connectivity index (χ1v) is 7.35. The van der Waals surface area contributed by atoms with Gasteiger partial charge in [-0.2, -0.15) is 0 Å². The maximum atomic E-state index is 13.1. The lowest BCUT2D eigenvalue weighted by Gasteiger charge is -2.17. The Bertz CT molecular complexity index is 538. The SMILES string of the molecule is COCC(C)NC(N)=NCC1(c2ccc(F)cc2Cl)CC1.I. The first-order chi connectivity index (χ1) is 9.97. The van der Waals surface area contributed by atoms with E-state index < -0.39 is 0 Å². The standard InChI is InChI=1S/C15H21ClFN3O.HI/c1-10(8-21-2)20-14(18)19-9-15(5-6-15)12-4-3-11(17)7-13(12)16;/h3-4,7,10H,5-6,8-9H2,1-2H3,(H3,18,19,20);1H. The molecule has 1 unspecified atom stereocenters. The molecule has 0 bridgehead atoms. The van der Waals surface area contributed by atoms with Crippen molar-refractivity contribution in [3.8, 4) is 0 Å². The van der Waals surface area contributed by atoms with Crippen LogP contribution in [0.5, 0.6) is 0 Å². The number of aliphatic imine (C=N–C) groups is 1. The fourth-order valence-electron chi connectivity index (χ4n) is 2.41. The molecule has 4 nitrogen and oxygen atoms in total. The lowest BCUT2D eigenvalue weighted by atomic mass is 9.96. The second kappa shape index (κ2) is 8.31. The van der Waals surface area contributed by atoms with Crippen molar-refractivity contribution in [1.29, 1.82) is 0 Å². The first kappa shape index (κ1) is 19.4. The highest BCUT2D eigenvalue weighted by Gasteiger charge is 2.45. The van der Waals surface area contributed by atoms with Gasteiger partial charge in [-0.15, -0.1) is 24.0 Å². The van der Waals surface area contributed by atoms with Crippen molar-refractivity contribution < 1.29 is 9.13 Å². The van der Waals surface area contributed by atoms with E-state index in [1.54, 1.807) is 13.2 Å². The summed E-state index contributed by atoms with van der Waals surface area (Å²) in [4.78, 5) is 4.40. The number of hydrogen-bond donors (Lipinski definition) is 2. The Morgan fingerprint density at radius 1 is 1.55 bits per heavy atom. The van der Waals surface area contributed by atoms with Gasteiger partial charge >= 0.3 is 0 Å². The van der Waals surface area contributed by atoms with Gasteiger partial charge in [0.15, 0.2) is 5.96 Å². The molecule has 124 valence electrons. The van der Waals surface area contributed by atoms with Crippen LogP contribution < -0.4 is 11.1 Å². The Kier molecular flexibility index (Phi) is 7.34. The molecular weight excluding hydrogens is 420 g/mol. The fourth-order valence-corrected chi connectivity index (χ4v) is 2.78. The summed E-state index contributed by atoms with van der Waals surface area (Å²) in [6.07, 6.45) is 1.98. The summed E-state index contributed by atoms with van der Waals surface area (Å²) in [5.41, 5.74) is 6.73. The summed E-state index contributed by atoms with van der Waals surface area (Å²) in [5.74, 6) is 0.0710. The van der Waals surface area contributed by atoms with E-state index in [-0.39, 0.29) is 41.3 Å². The van der Waals surface area contributed by atoms with E-state index in [2.05, 4.69) is 10.3 Å². The van der Waals surface area contributed by atoms with Gasteiger partial charge in [-0.1, -0.05) is 17.7 Å². The van der Waals surface area contributed by atoms with Gasteiger partial charge in [0.05, 0.1) is 13.2 Å². The van der Waals surface area contributed by atoms with Crippen LogP contribution in [-0.4, -0.2) is 32.3 Å². The molecule has 0 radical (unpaired) electrons. The number of nitrogens with one attached hydrogen (secondary N) is 1. The van der Waals surface area contributed by atoms with Gasteiger partial charge in [0.2, 0.25) is 0 Å². The van der Waals surface area contributed by atoms with Crippen molar-refractivity contribution in [2.24, 2.45) is 10.7 Å². The van der Waals surface area contributed by atoms with E-state index >= 15 is 0 Å². The molecule has 1 saturated carbocycles. The number of hydrogen-bond acceptors (Lipinski definition) is 2. The molecule has 3 N–H and O–H groups in total. The largest absolute Gasteiger partial charge is 0.383 e. The van der Waals surface area contributed by atoms with E-state index in [0.717, 1.165) is 18.4 Å². The van der Waals surface area contributed by atoms with E-state index in [9.17, 15) is 4.39 Å². The molecule has 2 rings (SSSR count). The van der Waals surface area contributed by atoms with Crippen molar-refractivity contribution in [2.75, 3.05) is 20.3 Å². The number of benzene rings is 1. The lowest BCUT2D eigenvalue weighted by Crippen LogP contribution is -2.41. The molecule has 1 aromatic rings. The maximum Gasteiger partial charge on any atom is 0.188 e. The first-order valence-electron chi connectivity index (χ1n) is 6.98. The average molecular weight is 442 g/mol. The summed E-state index contributed by atoms with van der Waals surface area (Å²) in [6, 6.07) is 4.64. The lowest BCUT2D eigenvalue weighted by molar-refractivity contribution is 0.179.